The van der Waals surface area contributed by atoms with Gasteiger partial charge in [-0.1, -0.05) is 90.4 Å². The second-order valence-electron chi connectivity index (χ2n) is 9.57. The number of aliphatic hydroxyl groups excluding tert-OH is 1. The van der Waals surface area contributed by atoms with Gasteiger partial charge in [0.25, 0.3) is 0 Å². The van der Waals surface area contributed by atoms with Gasteiger partial charge in [0.1, 0.15) is 12.2 Å². The van der Waals surface area contributed by atoms with E-state index in [1.165, 1.54) is 93.9 Å². The van der Waals surface area contributed by atoms with E-state index >= 15 is 0 Å². The van der Waals surface area contributed by atoms with Crippen LogP contribution >= 0.6 is 7.60 Å². The standard InChI is InChI=1S/C26H50N3O7P/c1-2-3-4-5-6-7-8-9-10-11-12-13-14-15-18-34-19-20-36-37(32,33)23-35-24(22-30)21-29-17-16-25(27)28-26(29)31/h16-17,24,30H,2-15,18-23H2,1H3,(H,32,33)(H2,27,28,31)/t24-/m0/s1. The molecule has 0 radical (unpaired) electrons. The van der Waals surface area contributed by atoms with Crippen molar-refractivity contribution in [3.05, 3.63) is 22.7 Å². The van der Waals surface area contributed by atoms with Crippen molar-refractivity contribution in [1.82, 2.24) is 9.55 Å². The Balaban J connectivity index is 1.97. The van der Waals surface area contributed by atoms with Crippen LogP contribution in [0.5, 0.6) is 0 Å². The summed E-state index contributed by atoms with van der Waals surface area (Å²) in [7, 11) is -4.01. The average molecular weight is 548 g/mol. The minimum Gasteiger partial charge on any atom is -0.394 e. The van der Waals surface area contributed by atoms with Crippen LogP contribution in [0, 0.1) is 0 Å². The minimum absolute atomic E-state index is 0.0269. The highest BCUT2D eigenvalue weighted by Gasteiger charge is 2.22. The normalized spacial score (nSPS) is 14.0. The zero-order valence-electron chi connectivity index (χ0n) is 22.7. The van der Waals surface area contributed by atoms with Crippen LogP contribution < -0.4 is 11.4 Å². The fourth-order valence-corrected chi connectivity index (χ4v) is 4.77. The summed E-state index contributed by atoms with van der Waals surface area (Å²) in [5.41, 5.74) is 4.85. The number of ether oxygens (including phenoxy) is 2. The smallest absolute Gasteiger partial charge is 0.353 e. The summed E-state index contributed by atoms with van der Waals surface area (Å²) in [6.45, 7) is 2.57. The molecule has 2 atom stereocenters. The maximum absolute atomic E-state index is 12.1. The highest BCUT2D eigenvalue weighted by Crippen LogP contribution is 2.41. The lowest BCUT2D eigenvalue weighted by Gasteiger charge is -2.19. The number of nitrogens with zero attached hydrogens (tertiary/aromatic N) is 2. The van der Waals surface area contributed by atoms with Crippen molar-refractivity contribution in [1.29, 1.82) is 0 Å². The molecule has 37 heavy (non-hydrogen) atoms. The second kappa shape index (κ2) is 21.6. The maximum atomic E-state index is 12.1. The van der Waals surface area contributed by atoms with Crippen molar-refractivity contribution in [3.63, 3.8) is 0 Å². The Labute approximate surface area is 222 Å². The Morgan fingerprint density at radius 1 is 0.946 bits per heavy atom. The van der Waals surface area contributed by atoms with Gasteiger partial charge in [-0.15, -0.1) is 0 Å². The molecule has 0 saturated heterocycles. The van der Waals surface area contributed by atoms with Crippen molar-refractivity contribution in [2.24, 2.45) is 0 Å². The fourth-order valence-electron chi connectivity index (χ4n) is 3.94. The first-order chi connectivity index (χ1) is 17.9. The molecule has 0 fully saturated rings. The molecule has 0 bridgehead atoms. The molecule has 4 N–H and O–H groups in total. The Bertz CT molecular complexity index is 794. The van der Waals surface area contributed by atoms with Crippen LogP contribution in [0.3, 0.4) is 0 Å². The Morgan fingerprint density at radius 2 is 1.51 bits per heavy atom. The zero-order chi connectivity index (χ0) is 27.2. The molecule has 0 spiro atoms. The third-order valence-corrected chi connectivity index (χ3v) is 7.20. The maximum Gasteiger partial charge on any atom is 0.353 e. The predicted octanol–water partition coefficient (Wildman–Crippen LogP) is 4.86. The number of rotatable bonds is 25. The molecule has 0 aliphatic rings. The molecule has 0 aromatic carbocycles. The monoisotopic (exact) mass is 547 g/mol. The van der Waals surface area contributed by atoms with Gasteiger partial charge in [0.15, 0.2) is 0 Å². The lowest BCUT2D eigenvalue weighted by Crippen LogP contribution is -2.32. The van der Waals surface area contributed by atoms with E-state index in [-0.39, 0.29) is 25.6 Å². The van der Waals surface area contributed by atoms with E-state index in [0.717, 1.165) is 12.8 Å². The number of nitrogen functional groups attached to an aromatic ring is 1. The van der Waals surface area contributed by atoms with Crippen LogP contribution in [0.15, 0.2) is 17.1 Å². The first-order valence-electron chi connectivity index (χ1n) is 14.0. The Hall–Kier alpha value is -1.29. The molecular formula is C26H50N3O7P. The molecule has 1 unspecified atom stereocenters. The number of nitrogens with two attached hydrogens (primary N) is 1. The highest BCUT2D eigenvalue weighted by atomic mass is 31.2. The largest absolute Gasteiger partial charge is 0.394 e. The first-order valence-corrected chi connectivity index (χ1v) is 15.7. The highest BCUT2D eigenvalue weighted by molar-refractivity contribution is 7.52. The number of hydrogen-bond acceptors (Lipinski definition) is 8. The molecule has 1 aromatic rings. The molecular weight excluding hydrogens is 497 g/mol. The van der Waals surface area contributed by atoms with E-state index in [1.807, 2.05) is 0 Å². The van der Waals surface area contributed by atoms with Gasteiger partial charge in [0.05, 0.1) is 32.5 Å². The van der Waals surface area contributed by atoms with E-state index in [0.29, 0.717) is 6.61 Å². The van der Waals surface area contributed by atoms with Gasteiger partial charge in [-0.3, -0.25) is 9.13 Å². The van der Waals surface area contributed by atoms with Gasteiger partial charge in [0, 0.05) is 12.8 Å². The van der Waals surface area contributed by atoms with E-state index in [9.17, 15) is 19.4 Å². The molecule has 216 valence electrons. The summed E-state index contributed by atoms with van der Waals surface area (Å²) in [5, 5.41) is 9.45. The van der Waals surface area contributed by atoms with E-state index in [2.05, 4.69) is 11.9 Å². The summed E-state index contributed by atoms with van der Waals surface area (Å²) in [6, 6.07) is 1.44. The summed E-state index contributed by atoms with van der Waals surface area (Å²) in [6.07, 6.45) is 18.2. The third kappa shape index (κ3) is 18.6. The summed E-state index contributed by atoms with van der Waals surface area (Å²) in [5.74, 6) is 0.0857. The Kier molecular flexibility index (Phi) is 19.7. The lowest BCUT2D eigenvalue weighted by molar-refractivity contribution is 0.0147. The van der Waals surface area contributed by atoms with Crippen molar-refractivity contribution in [3.8, 4) is 0 Å². The van der Waals surface area contributed by atoms with Gasteiger partial charge >= 0.3 is 13.3 Å². The van der Waals surface area contributed by atoms with E-state index < -0.39 is 32.3 Å². The molecule has 0 amide bonds. The quantitative estimate of drug-likeness (QED) is 0.115. The Morgan fingerprint density at radius 3 is 2.05 bits per heavy atom. The molecule has 0 aliphatic heterocycles. The van der Waals surface area contributed by atoms with Crippen LogP contribution in [0.1, 0.15) is 96.8 Å². The minimum atomic E-state index is -4.01. The van der Waals surface area contributed by atoms with Crippen molar-refractivity contribution in [2.45, 2.75) is 109 Å². The molecule has 0 saturated carbocycles. The number of hydrogen-bond donors (Lipinski definition) is 3. The van der Waals surface area contributed by atoms with E-state index in [4.69, 9.17) is 19.7 Å². The van der Waals surface area contributed by atoms with Gasteiger partial charge < -0.3 is 29.7 Å². The number of unbranched alkanes of at least 4 members (excludes halogenated alkanes) is 13. The third-order valence-electron chi connectivity index (χ3n) is 6.14. The number of aromatic nitrogens is 2. The average Bonchev–Trinajstić information content (AvgIpc) is 2.87. The first kappa shape index (κ1) is 33.7. The second-order valence-corrected chi connectivity index (χ2v) is 11.4. The van der Waals surface area contributed by atoms with Gasteiger partial charge in [-0.25, -0.2) is 4.79 Å². The van der Waals surface area contributed by atoms with Crippen LogP contribution in [0.4, 0.5) is 5.82 Å². The number of aliphatic hydroxyl groups is 1. The predicted molar refractivity (Wildman–Crippen MR) is 147 cm³/mol. The zero-order valence-corrected chi connectivity index (χ0v) is 23.6. The van der Waals surface area contributed by atoms with Crippen molar-refractivity contribution < 1.29 is 28.6 Å². The van der Waals surface area contributed by atoms with Crippen LogP contribution in [0.2, 0.25) is 0 Å². The fraction of sp³-hybridized carbons (Fsp3) is 0.846. The van der Waals surface area contributed by atoms with Crippen LogP contribution in [0.25, 0.3) is 0 Å². The number of anilines is 1. The topological polar surface area (TPSA) is 146 Å². The van der Waals surface area contributed by atoms with E-state index in [1.54, 1.807) is 0 Å². The van der Waals surface area contributed by atoms with Crippen molar-refractivity contribution >= 4 is 13.4 Å². The molecule has 1 aromatic heterocycles. The van der Waals surface area contributed by atoms with Crippen molar-refractivity contribution in [2.75, 3.05) is 38.5 Å². The molecule has 10 nitrogen and oxygen atoms in total. The van der Waals surface area contributed by atoms with Gasteiger partial charge in [-0.2, -0.15) is 4.98 Å². The lowest BCUT2D eigenvalue weighted by atomic mass is 10.0. The summed E-state index contributed by atoms with van der Waals surface area (Å²) < 4.78 is 29.1. The summed E-state index contributed by atoms with van der Waals surface area (Å²) in [4.78, 5) is 25.3. The van der Waals surface area contributed by atoms with Crippen LogP contribution in [-0.2, 0) is 25.1 Å². The molecule has 11 heteroatoms. The molecule has 1 rings (SSSR count). The van der Waals surface area contributed by atoms with Crippen LogP contribution in [-0.4, -0.2) is 58.4 Å². The molecule has 1 heterocycles. The molecule has 0 aliphatic carbocycles. The van der Waals surface area contributed by atoms with Gasteiger partial charge in [0.2, 0.25) is 0 Å². The SMILES string of the molecule is CCCCCCCCCCCCCCCCOCCOP(=O)(O)CO[C@H](CO)Cn1ccc(N)nc1=O. The van der Waals surface area contributed by atoms with Gasteiger partial charge in [-0.05, 0) is 12.5 Å². The summed E-state index contributed by atoms with van der Waals surface area (Å²) >= 11 is 0.